The predicted octanol–water partition coefficient (Wildman–Crippen LogP) is 1.88. The fourth-order valence-corrected chi connectivity index (χ4v) is 2.06. The number of benzene rings is 1. The Bertz CT molecular complexity index is 395. The lowest BCUT2D eigenvalue weighted by molar-refractivity contribution is 0.606. The van der Waals surface area contributed by atoms with Crippen molar-refractivity contribution in [2.75, 3.05) is 18.0 Å². The Morgan fingerprint density at radius 2 is 2.07 bits per heavy atom. The SMILES string of the molecule is N#CC1(N)CCN(c2ccc(Br)cc2)C1. The van der Waals surface area contributed by atoms with Crippen LogP contribution in [0.3, 0.4) is 0 Å². The molecule has 0 spiro atoms. The molecule has 1 fully saturated rings. The first-order valence-electron chi connectivity index (χ1n) is 4.84. The van der Waals surface area contributed by atoms with Crippen molar-refractivity contribution in [2.24, 2.45) is 5.73 Å². The third-order valence-electron chi connectivity index (χ3n) is 2.72. The van der Waals surface area contributed by atoms with Crippen LogP contribution in [0.2, 0.25) is 0 Å². The largest absolute Gasteiger partial charge is 0.368 e. The lowest BCUT2D eigenvalue weighted by Gasteiger charge is -2.19. The Morgan fingerprint density at radius 3 is 2.60 bits per heavy atom. The Kier molecular flexibility index (Phi) is 2.68. The minimum atomic E-state index is -0.674. The zero-order valence-electron chi connectivity index (χ0n) is 8.28. The molecule has 1 aliphatic rings. The molecular formula is C11H12BrN3. The van der Waals surface area contributed by atoms with E-state index in [1.807, 2.05) is 24.3 Å². The second-order valence-electron chi connectivity index (χ2n) is 3.92. The monoisotopic (exact) mass is 265 g/mol. The molecule has 0 saturated carbocycles. The van der Waals surface area contributed by atoms with Gasteiger partial charge in [0.1, 0.15) is 5.54 Å². The molecular weight excluding hydrogens is 254 g/mol. The number of nitriles is 1. The first-order chi connectivity index (χ1) is 7.13. The zero-order valence-corrected chi connectivity index (χ0v) is 9.87. The summed E-state index contributed by atoms with van der Waals surface area (Å²) in [6.45, 7) is 1.47. The van der Waals surface area contributed by atoms with Crippen LogP contribution < -0.4 is 10.6 Å². The Morgan fingerprint density at radius 1 is 1.40 bits per heavy atom. The summed E-state index contributed by atoms with van der Waals surface area (Å²) in [6.07, 6.45) is 0.736. The molecule has 0 aliphatic carbocycles. The fourth-order valence-electron chi connectivity index (χ4n) is 1.80. The number of nitrogens with zero attached hydrogens (tertiary/aromatic N) is 2. The van der Waals surface area contributed by atoms with Gasteiger partial charge in [-0.3, -0.25) is 0 Å². The quantitative estimate of drug-likeness (QED) is 0.844. The maximum atomic E-state index is 8.92. The van der Waals surface area contributed by atoms with E-state index in [1.165, 1.54) is 0 Å². The molecule has 0 aromatic heterocycles. The number of hydrogen-bond acceptors (Lipinski definition) is 3. The van der Waals surface area contributed by atoms with E-state index in [9.17, 15) is 0 Å². The number of anilines is 1. The number of rotatable bonds is 1. The van der Waals surface area contributed by atoms with Gasteiger partial charge in [0.15, 0.2) is 0 Å². The van der Waals surface area contributed by atoms with Gasteiger partial charge in [0, 0.05) is 23.2 Å². The standard InChI is InChI=1S/C11H12BrN3/c12-9-1-3-10(4-2-9)15-6-5-11(14,7-13)8-15/h1-4H,5-6,8,14H2. The van der Waals surface area contributed by atoms with Crippen molar-refractivity contribution in [2.45, 2.75) is 12.0 Å². The van der Waals surface area contributed by atoms with Crippen LogP contribution in [0.5, 0.6) is 0 Å². The highest BCUT2D eigenvalue weighted by molar-refractivity contribution is 9.10. The Balaban J connectivity index is 2.15. The third-order valence-corrected chi connectivity index (χ3v) is 3.24. The predicted molar refractivity (Wildman–Crippen MR) is 63.5 cm³/mol. The van der Waals surface area contributed by atoms with E-state index in [4.69, 9.17) is 11.0 Å². The Hall–Kier alpha value is -1.05. The van der Waals surface area contributed by atoms with Crippen molar-refractivity contribution in [1.82, 2.24) is 0 Å². The second kappa shape index (κ2) is 3.84. The number of nitrogens with two attached hydrogens (primary N) is 1. The summed E-state index contributed by atoms with van der Waals surface area (Å²) < 4.78 is 1.06. The molecule has 3 nitrogen and oxygen atoms in total. The van der Waals surface area contributed by atoms with Gasteiger partial charge in [-0.05, 0) is 30.7 Å². The average molecular weight is 266 g/mol. The summed E-state index contributed by atoms with van der Waals surface area (Å²) in [5.41, 5.74) is 6.36. The van der Waals surface area contributed by atoms with Crippen LogP contribution in [0.15, 0.2) is 28.7 Å². The van der Waals surface area contributed by atoms with Crippen LogP contribution in [0.4, 0.5) is 5.69 Å². The lowest BCUT2D eigenvalue weighted by atomic mass is 10.0. The van der Waals surface area contributed by atoms with Crippen molar-refractivity contribution >= 4 is 21.6 Å². The molecule has 0 amide bonds. The van der Waals surface area contributed by atoms with Gasteiger partial charge in [0.25, 0.3) is 0 Å². The molecule has 78 valence electrons. The molecule has 1 aromatic rings. The van der Waals surface area contributed by atoms with Gasteiger partial charge in [-0.1, -0.05) is 15.9 Å². The van der Waals surface area contributed by atoms with Crippen LogP contribution in [0.1, 0.15) is 6.42 Å². The summed E-state index contributed by atoms with van der Waals surface area (Å²) in [7, 11) is 0. The normalized spacial score (nSPS) is 25.3. The minimum absolute atomic E-state index is 0.616. The van der Waals surface area contributed by atoms with E-state index < -0.39 is 5.54 Å². The summed E-state index contributed by atoms with van der Waals surface area (Å²) in [5, 5.41) is 8.92. The number of hydrogen-bond donors (Lipinski definition) is 1. The van der Waals surface area contributed by atoms with Gasteiger partial charge in [-0.2, -0.15) is 5.26 Å². The molecule has 1 heterocycles. The highest BCUT2D eigenvalue weighted by Gasteiger charge is 2.34. The highest BCUT2D eigenvalue weighted by Crippen LogP contribution is 2.25. The highest BCUT2D eigenvalue weighted by atomic mass is 79.9. The molecule has 0 radical (unpaired) electrons. The Labute approximate surface area is 97.6 Å². The van der Waals surface area contributed by atoms with Crippen LogP contribution in [0.25, 0.3) is 0 Å². The molecule has 0 bridgehead atoms. The molecule has 4 heteroatoms. The van der Waals surface area contributed by atoms with Crippen LogP contribution >= 0.6 is 15.9 Å². The maximum Gasteiger partial charge on any atom is 0.123 e. The molecule has 1 aliphatic heterocycles. The third kappa shape index (κ3) is 2.14. The summed E-state index contributed by atoms with van der Waals surface area (Å²) in [4.78, 5) is 2.15. The van der Waals surface area contributed by atoms with Crippen molar-refractivity contribution in [3.63, 3.8) is 0 Å². The van der Waals surface area contributed by atoms with E-state index in [2.05, 4.69) is 26.9 Å². The molecule has 15 heavy (non-hydrogen) atoms. The van der Waals surface area contributed by atoms with E-state index >= 15 is 0 Å². The van der Waals surface area contributed by atoms with Gasteiger partial charge in [0.2, 0.25) is 0 Å². The van der Waals surface area contributed by atoms with Crippen molar-refractivity contribution in [1.29, 1.82) is 5.26 Å². The fraction of sp³-hybridized carbons (Fsp3) is 0.364. The van der Waals surface area contributed by atoms with Gasteiger partial charge < -0.3 is 10.6 Å². The lowest BCUT2D eigenvalue weighted by Crippen LogP contribution is -2.41. The maximum absolute atomic E-state index is 8.92. The van der Waals surface area contributed by atoms with Crippen molar-refractivity contribution < 1.29 is 0 Å². The second-order valence-corrected chi connectivity index (χ2v) is 4.83. The molecule has 1 aromatic carbocycles. The van der Waals surface area contributed by atoms with Crippen LogP contribution in [-0.4, -0.2) is 18.6 Å². The molecule has 1 saturated heterocycles. The van der Waals surface area contributed by atoms with Gasteiger partial charge >= 0.3 is 0 Å². The average Bonchev–Trinajstić information content (AvgIpc) is 2.63. The van der Waals surface area contributed by atoms with Crippen molar-refractivity contribution in [3.05, 3.63) is 28.7 Å². The summed E-state index contributed by atoms with van der Waals surface area (Å²) in [6, 6.07) is 10.2. The molecule has 2 N–H and O–H groups in total. The van der Waals surface area contributed by atoms with E-state index in [-0.39, 0.29) is 0 Å². The van der Waals surface area contributed by atoms with Crippen LogP contribution in [0, 0.1) is 11.3 Å². The van der Waals surface area contributed by atoms with E-state index in [0.717, 1.165) is 23.1 Å². The minimum Gasteiger partial charge on any atom is -0.368 e. The first kappa shape index (κ1) is 10.5. The van der Waals surface area contributed by atoms with Crippen molar-refractivity contribution in [3.8, 4) is 6.07 Å². The smallest absolute Gasteiger partial charge is 0.123 e. The zero-order chi connectivity index (χ0) is 10.9. The number of halogens is 1. The van der Waals surface area contributed by atoms with Gasteiger partial charge in [-0.25, -0.2) is 0 Å². The molecule has 1 unspecified atom stereocenters. The molecule has 1 atom stereocenters. The first-order valence-corrected chi connectivity index (χ1v) is 5.63. The van der Waals surface area contributed by atoms with Gasteiger partial charge in [0.05, 0.1) is 6.07 Å². The van der Waals surface area contributed by atoms with Crippen LogP contribution in [-0.2, 0) is 0 Å². The van der Waals surface area contributed by atoms with E-state index in [1.54, 1.807) is 0 Å². The summed E-state index contributed by atoms with van der Waals surface area (Å²) >= 11 is 3.39. The topological polar surface area (TPSA) is 53.1 Å². The summed E-state index contributed by atoms with van der Waals surface area (Å²) in [5.74, 6) is 0. The van der Waals surface area contributed by atoms with Gasteiger partial charge in [-0.15, -0.1) is 0 Å². The van der Waals surface area contributed by atoms with E-state index in [0.29, 0.717) is 6.54 Å². The molecule has 2 rings (SSSR count).